The topological polar surface area (TPSA) is 48.1 Å². The van der Waals surface area contributed by atoms with Gasteiger partial charge in [0.2, 0.25) is 0 Å². The van der Waals surface area contributed by atoms with Crippen LogP contribution >= 0.6 is 11.3 Å². The van der Waals surface area contributed by atoms with Crippen molar-refractivity contribution in [1.82, 2.24) is 4.98 Å². The number of methoxy groups -OCH3 is 1. The Balaban J connectivity index is 2.39. The molecule has 0 saturated heterocycles. The first-order valence-corrected chi connectivity index (χ1v) is 7.72. The molecule has 0 aliphatic heterocycles. The van der Waals surface area contributed by atoms with Crippen molar-refractivity contribution in [3.63, 3.8) is 0 Å². The van der Waals surface area contributed by atoms with Crippen molar-refractivity contribution in [2.45, 2.75) is 26.7 Å². The number of ether oxygens (including phenoxy) is 1. The minimum atomic E-state index is 0.657. The smallest absolute Gasteiger partial charge is 0.0958 e. The van der Waals surface area contributed by atoms with Crippen LogP contribution in [0.25, 0.3) is 11.3 Å². The lowest BCUT2D eigenvalue weighted by atomic mass is 10.0. The highest BCUT2D eigenvalue weighted by molar-refractivity contribution is 7.12. The first-order chi connectivity index (χ1) is 9.65. The molecule has 0 bridgehead atoms. The number of nitrogens with zero attached hydrogens (tertiary/aromatic N) is 1. The lowest BCUT2D eigenvalue weighted by Gasteiger charge is -2.06. The molecule has 0 spiro atoms. The summed E-state index contributed by atoms with van der Waals surface area (Å²) in [7, 11) is 1.72. The number of nitrogens with two attached hydrogens (primary N) is 1. The molecule has 20 heavy (non-hydrogen) atoms. The van der Waals surface area contributed by atoms with E-state index in [1.807, 2.05) is 0 Å². The van der Waals surface area contributed by atoms with E-state index in [-0.39, 0.29) is 0 Å². The van der Waals surface area contributed by atoms with Gasteiger partial charge in [0, 0.05) is 24.0 Å². The molecule has 4 heteroatoms. The third-order valence-corrected chi connectivity index (χ3v) is 4.45. The third kappa shape index (κ3) is 3.45. The lowest BCUT2D eigenvalue weighted by molar-refractivity contribution is 0.202. The van der Waals surface area contributed by atoms with E-state index in [0.29, 0.717) is 13.2 Å². The number of hydrogen-bond donors (Lipinski definition) is 1. The highest BCUT2D eigenvalue weighted by Crippen LogP contribution is 2.31. The number of benzene rings is 1. The maximum absolute atomic E-state index is 5.73. The van der Waals surface area contributed by atoms with Crippen molar-refractivity contribution >= 4 is 11.3 Å². The molecular weight excluding hydrogens is 268 g/mol. The summed E-state index contributed by atoms with van der Waals surface area (Å²) in [6.07, 6.45) is 1.75. The zero-order valence-corrected chi connectivity index (χ0v) is 13.2. The minimum Gasteiger partial charge on any atom is -0.384 e. The second kappa shape index (κ2) is 6.97. The standard InChI is InChI=1S/C16H22N2OS/c1-11-4-5-13(12(2)10-11)16-14(6-8-17)20-15(18-16)7-9-19-3/h4-5,10H,6-9,17H2,1-3H3. The van der Waals surface area contributed by atoms with E-state index in [0.717, 1.165) is 23.5 Å². The fourth-order valence-electron chi connectivity index (χ4n) is 2.29. The maximum Gasteiger partial charge on any atom is 0.0958 e. The predicted octanol–water partition coefficient (Wildman–Crippen LogP) is 3.12. The molecule has 1 aromatic carbocycles. The Morgan fingerprint density at radius 2 is 2.05 bits per heavy atom. The van der Waals surface area contributed by atoms with Crippen molar-refractivity contribution in [2.24, 2.45) is 5.73 Å². The molecule has 0 unspecified atom stereocenters. The van der Waals surface area contributed by atoms with Crippen LogP contribution in [0.1, 0.15) is 21.0 Å². The van der Waals surface area contributed by atoms with Gasteiger partial charge in [0.15, 0.2) is 0 Å². The molecule has 3 nitrogen and oxygen atoms in total. The molecule has 0 aliphatic rings. The van der Waals surface area contributed by atoms with Gasteiger partial charge >= 0.3 is 0 Å². The Hall–Kier alpha value is -1.23. The summed E-state index contributed by atoms with van der Waals surface area (Å²) >= 11 is 1.76. The molecular formula is C16H22N2OS. The zero-order valence-electron chi connectivity index (χ0n) is 12.4. The van der Waals surface area contributed by atoms with Gasteiger partial charge in [0.05, 0.1) is 17.3 Å². The molecule has 108 valence electrons. The Morgan fingerprint density at radius 1 is 1.25 bits per heavy atom. The maximum atomic E-state index is 5.73. The quantitative estimate of drug-likeness (QED) is 0.889. The summed E-state index contributed by atoms with van der Waals surface area (Å²) in [6.45, 7) is 5.62. The summed E-state index contributed by atoms with van der Waals surface area (Å²) in [6, 6.07) is 6.51. The van der Waals surface area contributed by atoms with Crippen LogP contribution in [0.2, 0.25) is 0 Å². The summed E-state index contributed by atoms with van der Waals surface area (Å²) < 4.78 is 5.14. The third-order valence-electron chi connectivity index (χ3n) is 3.27. The van der Waals surface area contributed by atoms with E-state index in [2.05, 4.69) is 32.0 Å². The van der Waals surface area contributed by atoms with Crippen LogP contribution in [0.5, 0.6) is 0 Å². The van der Waals surface area contributed by atoms with Gasteiger partial charge < -0.3 is 10.5 Å². The second-order valence-corrected chi connectivity index (χ2v) is 6.15. The molecule has 0 amide bonds. The fourth-order valence-corrected chi connectivity index (χ4v) is 3.37. The van der Waals surface area contributed by atoms with Gasteiger partial charge in [-0.25, -0.2) is 4.98 Å². The van der Waals surface area contributed by atoms with E-state index >= 15 is 0 Å². The van der Waals surface area contributed by atoms with E-state index in [9.17, 15) is 0 Å². The monoisotopic (exact) mass is 290 g/mol. The molecule has 1 aromatic heterocycles. The summed E-state index contributed by atoms with van der Waals surface area (Å²) in [4.78, 5) is 6.09. The number of hydrogen-bond acceptors (Lipinski definition) is 4. The Kier molecular flexibility index (Phi) is 5.29. The highest BCUT2D eigenvalue weighted by atomic mass is 32.1. The number of aryl methyl sites for hydroxylation is 2. The summed E-state index contributed by atoms with van der Waals surface area (Å²) in [5.41, 5.74) is 10.6. The highest BCUT2D eigenvalue weighted by Gasteiger charge is 2.14. The van der Waals surface area contributed by atoms with Crippen LogP contribution in [0.3, 0.4) is 0 Å². The normalized spacial score (nSPS) is 11.0. The molecule has 0 fully saturated rings. The SMILES string of the molecule is COCCc1nc(-c2ccc(C)cc2C)c(CCN)s1. The van der Waals surface area contributed by atoms with Gasteiger partial charge in [-0.15, -0.1) is 11.3 Å². The van der Waals surface area contributed by atoms with Gasteiger partial charge in [0.1, 0.15) is 0 Å². The molecule has 0 saturated carbocycles. The van der Waals surface area contributed by atoms with Crippen LogP contribution in [-0.4, -0.2) is 25.2 Å². The summed E-state index contributed by atoms with van der Waals surface area (Å²) in [5.74, 6) is 0. The van der Waals surface area contributed by atoms with Crippen LogP contribution < -0.4 is 5.73 Å². The Bertz CT molecular complexity index is 578. The number of rotatable bonds is 6. The average molecular weight is 290 g/mol. The largest absolute Gasteiger partial charge is 0.384 e. The van der Waals surface area contributed by atoms with Crippen molar-refractivity contribution in [3.05, 3.63) is 39.2 Å². The van der Waals surface area contributed by atoms with Crippen LogP contribution in [0.4, 0.5) is 0 Å². The van der Waals surface area contributed by atoms with E-state index < -0.39 is 0 Å². The van der Waals surface area contributed by atoms with Crippen molar-refractivity contribution in [3.8, 4) is 11.3 Å². The van der Waals surface area contributed by atoms with E-state index in [4.69, 9.17) is 15.5 Å². The molecule has 0 radical (unpaired) electrons. The summed E-state index contributed by atoms with van der Waals surface area (Å²) in [5, 5.41) is 1.13. The molecule has 2 rings (SSSR count). The zero-order chi connectivity index (χ0) is 14.5. The predicted molar refractivity (Wildman–Crippen MR) is 85.4 cm³/mol. The first kappa shape index (κ1) is 15.2. The van der Waals surface area contributed by atoms with Gasteiger partial charge in [-0.05, 0) is 32.4 Å². The van der Waals surface area contributed by atoms with Crippen molar-refractivity contribution in [2.75, 3.05) is 20.3 Å². The average Bonchev–Trinajstić information content (AvgIpc) is 2.80. The van der Waals surface area contributed by atoms with E-state index in [1.54, 1.807) is 18.4 Å². The van der Waals surface area contributed by atoms with Gasteiger partial charge in [0.25, 0.3) is 0 Å². The van der Waals surface area contributed by atoms with Crippen molar-refractivity contribution in [1.29, 1.82) is 0 Å². The molecule has 2 aromatic rings. The first-order valence-electron chi connectivity index (χ1n) is 6.91. The van der Waals surface area contributed by atoms with Gasteiger partial charge in [-0.2, -0.15) is 0 Å². The minimum absolute atomic E-state index is 0.657. The van der Waals surface area contributed by atoms with Gasteiger partial charge in [-0.3, -0.25) is 0 Å². The Morgan fingerprint density at radius 3 is 2.70 bits per heavy atom. The van der Waals surface area contributed by atoms with Crippen molar-refractivity contribution < 1.29 is 4.74 Å². The molecule has 0 atom stereocenters. The number of aromatic nitrogens is 1. The van der Waals surface area contributed by atoms with Crippen LogP contribution in [0, 0.1) is 13.8 Å². The lowest BCUT2D eigenvalue weighted by Crippen LogP contribution is -2.02. The number of thiazole rings is 1. The fraction of sp³-hybridized carbons (Fsp3) is 0.438. The molecule has 1 heterocycles. The Labute approximate surface area is 124 Å². The van der Waals surface area contributed by atoms with Crippen LogP contribution in [0.15, 0.2) is 18.2 Å². The molecule has 2 N–H and O–H groups in total. The van der Waals surface area contributed by atoms with Gasteiger partial charge in [-0.1, -0.05) is 23.8 Å². The second-order valence-electron chi connectivity index (χ2n) is 4.98. The van der Waals surface area contributed by atoms with Crippen LogP contribution in [-0.2, 0) is 17.6 Å². The van der Waals surface area contributed by atoms with E-state index in [1.165, 1.54) is 21.6 Å². The molecule has 0 aliphatic carbocycles.